The molecule has 1 heterocycles. The Labute approximate surface area is 199 Å². The van der Waals surface area contributed by atoms with Gasteiger partial charge in [0.2, 0.25) is 5.78 Å². The van der Waals surface area contributed by atoms with Crippen molar-refractivity contribution < 1.29 is 18.7 Å². The molecule has 4 aromatic rings. The molecule has 0 radical (unpaired) electrons. The zero-order chi connectivity index (χ0) is 24.4. The number of ketones is 1. The SMILES string of the molecule is Cc1ccc(C(=O)c2oc3ccccc3c2NC(=O)[C@@H](C)Oc2cc(C)ccc2C(C)C)cc1. The molecule has 5 nitrogen and oxygen atoms in total. The molecular formula is C29H29NO4. The van der Waals surface area contributed by atoms with E-state index in [1.165, 1.54) is 0 Å². The van der Waals surface area contributed by atoms with Crippen LogP contribution in [0.1, 0.15) is 59.5 Å². The van der Waals surface area contributed by atoms with Crippen molar-refractivity contribution in [3.63, 3.8) is 0 Å². The summed E-state index contributed by atoms with van der Waals surface area (Å²) in [4.78, 5) is 26.5. The second-order valence-corrected chi connectivity index (χ2v) is 8.94. The molecule has 0 saturated heterocycles. The van der Waals surface area contributed by atoms with E-state index in [1.54, 1.807) is 25.1 Å². The molecule has 0 aliphatic rings. The van der Waals surface area contributed by atoms with Crippen molar-refractivity contribution in [2.24, 2.45) is 0 Å². The van der Waals surface area contributed by atoms with Gasteiger partial charge in [-0.05, 0) is 56.0 Å². The van der Waals surface area contributed by atoms with E-state index >= 15 is 0 Å². The maximum atomic E-state index is 13.3. The Balaban J connectivity index is 1.65. The third-order valence-electron chi connectivity index (χ3n) is 5.83. The quantitative estimate of drug-likeness (QED) is 0.311. The highest BCUT2D eigenvalue weighted by Gasteiger charge is 2.26. The molecule has 0 saturated carbocycles. The first-order chi connectivity index (χ1) is 16.2. The summed E-state index contributed by atoms with van der Waals surface area (Å²) < 4.78 is 12.0. The summed E-state index contributed by atoms with van der Waals surface area (Å²) in [5, 5.41) is 3.56. The molecule has 0 aliphatic carbocycles. The van der Waals surface area contributed by atoms with Crippen LogP contribution >= 0.6 is 0 Å². The van der Waals surface area contributed by atoms with Crippen molar-refractivity contribution in [3.8, 4) is 5.75 Å². The first-order valence-corrected chi connectivity index (χ1v) is 11.5. The Kier molecular flexibility index (Phi) is 6.55. The van der Waals surface area contributed by atoms with Crippen molar-refractivity contribution in [1.82, 2.24) is 0 Å². The molecule has 1 atom stereocenters. The summed E-state index contributed by atoms with van der Waals surface area (Å²) >= 11 is 0. The second kappa shape index (κ2) is 9.56. The van der Waals surface area contributed by atoms with Crippen LogP contribution in [0.5, 0.6) is 5.75 Å². The zero-order valence-corrected chi connectivity index (χ0v) is 20.1. The fourth-order valence-electron chi connectivity index (χ4n) is 3.85. The number of amides is 1. The molecule has 5 heteroatoms. The highest BCUT2D eigenvalue weighted by atomic mass is 16.5. The number of rotatable bonds is 7. The fraction of sp³-hybridized carbons (Fsp3) is 0.241. The van der Waals surface area contributed by atoms with Crippen LogP contribution in [0.15, 0.2) is 71.1 Å². The minimum Gasteiger partial charge on any atom is -0.481 e. The van der Waals surface area contributed by atoms with Gasteiger partial charge in [0.15, 0.2) is 11.9 Å². The number of aryl methyl sites for hydroxylation is 2. The predicted octanol–water partition coefficient (Wildman–Crippen LogP) is 6.81. The van der Waals surface area contributed by atoms with Gasteiger partial charge in [0.25, 0.3) is 5.91 Å². The maximum absolute atomic E-state index is 13.3. The fourth-order valence-corrected chi connectivity index (χ4v) is 3.85. The summed E-state index contributed by atoms with van der Waals surface area (Å²) in [6.45, 7) is 9.82. The lowest BCUT2D eigenvalue weighted by atomic mass is 10.0. The molecule has 0 spiro atoms. The zero-order valence-electron chi connectivity index (χ0n) is 20.1. The van der Waals surface area contributed by atoms with Gasteiger partial charge in [-0.1, -0.05) is 67.9 Å². The lowest BCUT2D eigenvalue weighted by Gasteiger charge is -2.19. The van der Waals surface area contributed by atoms with Crippen LogP contribution in [0, 0.1) is 13.8 Å². The number of furan rings is 1. The number of nitrogens with one attached hydrogen (secondary N) is 1. The van der Waals surface area contributed by atoms with E-state index in [0.29, 0.717) is 28.0 Å². The molecule has 0 fully saturated rings. The van der Waals surface area contributed by atoms with Crippen LogP contribution in [0.4, 0.5) is 5.69 Å². The molecule has 0 aliphatic heterocycles. The van der Waals surface area contributed by atoms with Crippen LogP contribution < -0.4 is 10.1 Å². The third kappa shape index (κ3) is 4.74. The van der Waals surface area contributed by atoms with Gasteiger partial charge >= 0.3 is 0 Å². The number of benzene rings is 3. The van der Waals surface area contributed by atoms with E-state index < -0.39 is 6.10 Å². The van der Waals surface area contributed by atoms with Crippen LogP contribution in [0.3, 0.4) is 0 Å². The summed E-state index contributed by atoms with van der Waals surface area (Å²) in [6, 6.07) is 20.5. The predicted molar refractivity (Wildman–Crippen MR) is 135 cm³/mol. The van der Waals surface area contributed by atoms with Gasteiger partial charge in [-0.3, -0.25) is 9.59 Å². The van der Waals surface area contributed by atoms with E-state index in [0.717, 1.165) is 16.7 Å². The molecule has 1 amide bonds. The number of carbonyl (C=O) groups excluding carboxylic acids is 2. The van der Waals surface area contributed by atoms with E-state index in [9.17, 15) is 9.59 Å². The van der Waals surface area contributed by atoms with Crippen molar-refractivity contribution in [1.29, 1.82) is 0 Å². The van der Waals surface area contributed by atoms with E-state index in [2.05, 4.69) is 19.2 Å². The van der Waals surface area contributed by atoms with Crippen LogP contribution in [0.2, 0.25) is 0 Å². The summed E-state index contributed by atoms with van der Waals surface area (Å²) in [7, 11) is 0. The summed E-state index contributed by atoms with van der Waals surface area (Å²) in [5.74, 6) is 0.388. The lowest BCUT2D eigenvalue weighted by Crippen LogP contribution is -2.31. The first kappa shape index (κ1) is 23.3. The Morgan fingerprint density at radius 2 is 1.56 bits per heavy atom. The number of ether oxygens (including phenoxy) is 1. The standard InChI is InChI=1S/C29H29NO4/c1-17(2)22-15-12-19(4)16-25(22)33-20(5)29(32)30-26-23-8-6-7-9-24(23)34-28(26)27(31)21-13-10-18(3)11-14-21/h6-17,20H,1-5H3,(H,30,32)/t20-/m1/s1. The van der Waals surface area contributed by atoms with Gasteiger partial charge in [0, 0.05) is 10.9 Å². The van der Waals surface area contributed by atoms with Gasteiger partial charge in [-0.25, -0.2) is 0 Å². The van der Waals surface area contributed by atoms with Gasteiger partial charge < -0.3 is 14.5 Å². The highest BCUT2D eigenvalue weighted by Crippen LogP contribution is 2.33. The first-order valence-electron chi connectivity index (χ1n) is 11.5. The largest absolute Gasteiger partial charge is 0.481 e. The average Bonchev–Trinajstić information content (AvgIpc) is 3.17. The van der Waals surface area contributed by atoms with E-state index in [1.807, 2.05) is 62.4 Å². The lowest BCUT2D eigenvalue weighted by molar-refractivity contribution is -0.122. The smallest absolute Gasteiger partial charge is 0.265 e. The van der Waals surface area contributed by atoms with Gasteiger partial charge in [0.05, 0.1) is 5.69 Å². The Bertz CT molecular complexity index is 1350. The molecule has 34 heavy (non-hydrogen) atoms. The number of carbonyl (C=O) groups is 2. The number of anilines is 1. The average molecular weight is 456 g/mol. The Morgan fingerprint density at radius 1 is 0.882 bits per heavy atom. The Morgan fingerprint density at radius 3 is 2.26 bits per heavy atom. The molecule has 3 aromatic carbocycles. The third-order valence-corrected chi connectivity index (χ3v) is 5.83. The highest BCUT2D eigenvalue weighted by molar-refractivity contribution is 6.17. The number of hydrogen-bond acceptors (Lipinski definition) is 4. The summed E-state index contributed by atoms with van der Waals surface area (Å²) in [6.07, 6.45) is -0.782. The minimum atomic E-state index is -0.782. The molecule has 1 N–H and O–H groups in total. The number of hydrogen-bond donors (Lipinski definition) is 1. The van der Waals surface area contributed by atoms with Crippen molar-refractivity contribution in [3.05, 3.63) is 94.7 Å². The van der Waals surface area contributed by atoms with Gasteiger partial charge in [-0.15, -0.1) is 0 Å². The molecule has 4 rings (SSSR count). The minimum absolute atomic E-state index is 0.101. The van der Waals surface area contributed by atoms with E-state index in [-0.39, 0.29) is 23.4 Å². The molecule has 174 valence electrons. The molecule has 1 aromatic heterocycles. The van der Waals surface area contributed by atoms with Crippen LogP contribution in [0.25, 0.3) is 11.0 Å². The van der Waals surface area contributed by atoms with Crippen LogP contribution in [-0.2, 0) is 4.79 Å². The van der Waals surface area contributed by atoms with Gasteiger partial charge in [0.1, 0.15) is 11.3 Å². The molecule has 0 bridgehead atoms. The second-order valence-electron chi connectivity index (χ2n) is 8.94. The normalized spacial score (nSPS) is 12.1. The van der Waals surface area contributed by atoms with Crippen molar-refractivity contribution in [2.45, 2.75) is 46.6 Å². The van der Waals surface area contributed by atoms with E-state index in [4.69, 9.17) is 9.15 Å². The summed E-state index contributed by atoms with van der Waals surface area (Å²) in [5.41, 5.74) is 4.52. The molecule has 0 unspecified atom stereocenters. The Hall–Kier alpha value is -3.86. The number of para-hydroxylation sites is 1. The van der Waals surface area contributed by atoms with Crippen molar-refractivity contribution >= 4 is 28.3 Å². The molecular weight excluding hydrogens is 426 g/mol. The maximum Gasteiger partial charge on any atom is 0.265 e. The van der Waals surface area contributed by atoms with Crippen LogP contribution in [-0.4, -0.2) is 17.8 Å². The number of fused-ring (bicyclic) bond motifs is 1. The van der Waals surface area contributed by atoms with Gasteiger partial charge in [-0.2, -0.15) is 0 Å². The topological polar surface area (TPSA) is 68.5 Å². The van der Waals surface area contributed by atoms with Crippen molar-refractivity contribution in [2.75, 3.05) is 5.32 Å². The monoisotopic (exact) mass is 455 g/mol.